The standard InChI is InChI=1S/C24H32N2O3/c1-29-23-17-20(7-9-22(23)27)8-10-24(28)25-14-11-19-12-15-26(16-13-19)18-21-5-3-2-4-6-21/h2-7,9,17,19,27H,8,10-16,18H2,1H3,(H,25,28). The van der Waals surface area contributed by atoms with Gasteiger partial charge < -0.3 is 15.2 Å². The summed E-state index contributed by atoms with van der Waals surface area (Å²) in [4.78, 5) is 14.7. The fourth-order valence-corrected chi connectivity index (χ4v) is 3.91. The molecule has 0 aromatic heterocycles. The lowest BCUT2D eigenvalue weighted by Gasteiger charge is -2.32. The number of hydrogen-bond donors (Lipinski definition) is 2. The summed E-state index contributed by atoms with van der Waals surface area (Å²) in [6.45, 7) is 4.06. The number of carbonyl (C=O) groups is 1. The van der Waals surface area contributed by atoms with Gasteiger partial charge in [-0.1, -0.05) is 36.4 Å². The molecular weight excluding hydrogens is 364 g/mol. The van der Waals surface area contributed by atoms with Gasteiger partial charge in [-0.2, -0.15) is 0 Å². The van der Waals surface area contributed by atoms with E-state index in [1.165, 1.54) is 25.5 Å². The van der Waals surface area contributed by atoms with Crippen LogP contribution in [0.2, 0.25) is 0 Å². The Morgan fingerprint density at radius 2 is 1.90 bits per heavy atom. The topological polar surface area (TPSA) is 61.8 Å². The maximum Gasteiger partial charge on any atom is 0.220 e. The number of amides is 1. The van der Waals surface area contributed by atoms with Crippen LogP contribution in [0.1, 0.15) is 36.8 Å². The second-order valence-electron chi connectivity index (χ2n) is 7.85. The van der Waals surface area contributed by atoms with Crippen LogP contribution in [0.5, 0.6) is 11.5 Å². The zero-order valence-corrected chi connectivity index (χ0v) is 17.3. The molecule has 2 aromatic carbocycles. The van der Waals surface area contributed by atoms with Gasteiger partial charge >= 0.3 is 0 Å². The fraction of sp³-hybridized carbons (Fsp3) is 0.458. The molecule has 156 valence electrons. The van der Waals surface area contributed by atoms with Crippen molar-refractivity contribution in [2.24, 2.45) is 5.92 Å². The van der Waals surface area contributed by atoms with Crippen LogP contribution in [-0.2, 0) is 17.8 Å². The van der Waals surface area contributed by atoms with E-state index in [2.05, 4.69) is 40.5 Å². The summed E-state index contributed by atoms with van der Waals surface area (Å²) < 4.78 is 5.11. The van der Waals surface area contributed by atoms with Crippen LogP contribution in [-0.4, -0.2) is 42.7 Å². The Labute approximate surface area is 173 Å². The van der Waals surface area contributed by atoms with E-state index in [-0.39, 0.29) is 11.7 Å². The molecule has 1 saturated heterocycles. The number of phenolic OH excluding ortho intramolecular Hbond substituents is 1. The van der Waals surface area contributed by atoms with Gasteiger partial charge in [0.05, 0.1) is 7.11 Å². The van der Waals surface area contributed by atoms with Crippen molar-refractivity contribution >= 4 is 5.91 Å². The summed E-state index contributed by atoms with van der Waals surface area (Å²) in [7, 11) is 1.53. The highest BCUT2D eigenvalue weighted by Gasteiger charge is 2.19. The number of nitrogens with one attached hydrogen (secondary N) is 1. The highest BCUT2D eigenvalue weighted by Crippen LogP contribution is 2.26. The van der Waals surface area contributed by atoms with Gasteiger partial charge in [0.25, 0.3) is 0 Å². The van der Waals surface area contributed by atoms with Crippen LogP contribution in [0.3, 0.4) is 0 Å². The molecule has 0 radical (unpaired) electrons. The normalized spacial score (nSPS) is 15.2. The maximum atomic E-state index is 12.1. The third-order valence-electron chi connectivity index (χ3n) is 5.72. The SMILES string of the molecule is COc1cc(CCC(=O)NCCC2CCN(Cc3ccccc3)CC2)ccc1O. The van der Waals surface area contributed by atoms with Gasteiger partial charge in [0, 0.05) is 19.5 Å². The Hall–Kier alpha value is -2.53. The van der Waals surface area contributed by atoms with E-state index in [4.69, 9.17) is 4.74 Å². The number of hydrogen-bond acceptors (Lipinski definition) is 4. The van der Waals surface area contributed by atoms with Gasteiger partial charge in [-0.05, 0) is 68.0 Å². The van der Waals surface area contributed by atoms with Crippen LogP contribution < -0.4 is 10.1 Å². The quantitative estimate of drug-likeness (QED) is 0.678. The predicted octanol–water partition coefficient (Wildman–Crippen LogP) is 3.75. The van der Waals surface area contributed by atoms with E-state index in [9.17, 15) is 9.90 Å². The Morgan fingerprint density at radius 1 is 1.14 bits per heavy atom. The van der Waals surface area contributed by atoms with Crippen molar-refractivity contribution < 1.29 is 14.6 Å². The number of ether oxygens (including phenoxy) is 1. The van der Waals surface area contributed by atoms with E-state index in [0.717, 1.165) is 38.2 Å². The number of phenols is 1. The first-order valence-corrected chi connectivity index (χ1v) is 10.5. The van der Waals surface area contributed by atoms with E-state index in [0.29, 0.717) is 24.5 Å². The Bertz CT molecular complexity index is 771. The van der Waals surface area contributed by atoms with Crippen molar-refractivity contribution in [3.63, 3.8) is 0 Å². The molecule has 1 heterocycles. The van der Waals surface area contributed by atoms with Gasteiger partial charge in [0.1, 0.15) is 0 Å². The molecular formula is C24H32N2O3. The lowest BCUT2D eigenvalue weighted by Crippen LogP contribution is -2.34. The number of methoxy groups -OCH3 is 1. The zero-order valence-electron chi connectivity index (χ0n) is 17.3. The molecule has 0 atom stereocenters. The number of piperidine rings is 1. The van der Waals surface area contributed by atoms with Crippen LogP contribution >= 0.6 is 0 Å². The Morgan fingerprint density at radius 3 is 2.62 bits per heavy atom. The molecule has 2 N–H and O–H groups in total. The highest BCUT2D eigenvalue weighted by molar-refractivity contribution is 5.76. The number of carbonyl (C=O) groups excluding carboxylic acids is 1. The molecule has 1 amide bonds. The molecule has 29 heavy (non-hydrogen) atoms. The molecule has 0 saturated carbocycles. The lowest BCUT2D eigenvalue weighted by molar-refractivity contribution is -0.121. The molecule has 1 aliphatic heterocycles. The van der Waals surface area contributed by atoms with Crippen molar-refractivity contribution in [1.29, 1.82) is 0 Å². The first-order chi connectivity index (χ1) is 14.1. The van der Waals surface area contributed by atoms with E-state index in [1.54, 1.807) is 12.1 Å². The van der Waals surface area contributed by atoms with Gasteiger partial charge in [0.2, 0.25) is 5.91 Å². The van der Waals surface area contributed by atoms with Crippen LogP contribution in [0.4, 0.5) is 0 Å². The third-order valence-corrected chi connectivity index (χ3v) is 5.72. The van der Waals surface area contributed by atoms with Crippen LogP contribution in [0.15, 0.2) is 48.5 Å². The molecule has 5 heteroatoms. The molecule has 0 unspecified atom stereocenters. The van der Waals surface area contributed by atoms with Gasteiger partial charge in [-0.25, -0.2) is 0 Å². The van der Waals surface area contributed by atoms with Crippen LogP contribution in [0, 0.1) is 5.92 Å². The average molecular weight is 397 g/mol. The summed E-state index contributed by atoms with van der Waals surface area (Å²) in [5, 5.41) is 12.7. The molecule has 1 fully saturated rings. The van der Waals surface area contributed by atoms with Gasteiger partial charge in [-0.15, -0.1) is 0 Å². The lowest BCUT2D eigenvalue weighted by atomic mass is 9.93. The van der Waals surface area contributed by atoms with E-state index < -0.39 is 0 Å². The monoisotopic (exact) mass is 396 g/mol. The number of aromatic hydroxyl groups is 1. The average Bonchev–Trinajstić information content (AvgIpc) is 2.75. The predicted molar refractivity (Wildman–Crippen MR) is 115 cm³/mol. The van der Waals surface area contributed by atoms with Crippen molar-refractivity contribution in [2.45, 2.75) is 38.6 Å². The summed E-state index contributed by atoms with van der Waals surface area (Å²) in [6.07, 6.45) is 4.55. The first-order valence-electron chi connectivity index (χ1n) is 10.5. The molecule has 2 aromatic rings. The molecule has 0 bridgehead atoms. The largest absolute Gasteiger partial charge is 0.504 e. The highest BCUT2D eigenvalue weighted by atomic mass is 16.5. The number of likely N-dealkylation sites (tertiary alicyclic amines) is 1. The van der Waals surface area contributed by atoms with Crippen molar-refractivity contribution in [1.82, 2.24) is 10.2 Å². The number of benzene rings is 2. The van der Waals surface area contributed by atoms with E-state index in [1.807, 2.05) is 6.07 Å². The first kappa shape index (κ1) is 21.2. The third kappa shape index (κ3) is 6.79. The van der Waals surface area contributed by atoms with Crippen molar-refractivity contribution in [3.05, 3.63) is 59.7 Å². The number of aryl methyl sites for hydroxylation is 1. The minimum Gasteiger partial charge on any atom is -0.504 e. The molecule has 0 aliphatic carbocycles. The van der Waals surface area contributed by atoms with Crippen molar-refractivity contribution in [2.75, 3.05) is 26.7 Å². The van der Waals surface area contributed by atoms with Gasteiger partial charge in [-0.3, -0.25) is 9.69 Å². The van der Waals surface area contributed by atoms with E-state index >= 15 is 0 Å². The smallest absolute Gasteiger partial charge is 0.220 e. The Kier molecular flexibility index (Phi) is 7.94. The van der Waals surface area contributed by atoms with Gasteiger partial charge in [0.15, 0.2) is 11.5 Å². The summed E-state index contributed by atoms with van der Waals surface area (Å²) in [6, 6.07) is 15.9. The molecule has 0 spiro atoms. The summed E-state index contributed by atoms with van der Waals surface area (Å²) in [5.41, 5.74) is 2.37. The maximum absolute atomic E-state index is 12.1. The second-order valence-corrected chi connectivity index (χ2v) is 7.85. The van der Waals surface area contributed by atoms with Crippen LogP contribution in [0.25, 0.3) is 0 Å². The minimum atomic E-state index is 0.0820. The number of nitrogens with zero attached hydrogens (tertiary/aromatic N) is 1. The zero-order chi connectivity index (χ0) is 20.5. The fourth-order valence-electron chi connectivity index (χ4n) is 3.91. The summed E-state index contributed by atoms with van der Waals surface area (Å²) >= 11 is 0. The minimum absolute atomic E-state index is 0.0820. The molecule has 3 rings (SSSR count). The second kappa shape index (κ2) is 10.9. The van der Waals surface area contributed by atoms with Crippen molar-refractivity contribution in [3.8, 4) is 11.5 Å². The Balaban J connectivity index is 1.30. The number of rotatable bonds is 9. The molecule has 1 aliphatic rings. The molecule has 5 nitrogen and oxygen atoms in total. The summed E-state index contributed by atoms with van der Waals surface area (Å²) in [5.74, 6) is 1.35.